The molecule has 2 N–H and O–H groups in total. The molecule has 0 aliphatic heterocycles. The van der Waals surface area contributed by atoms with Crippen LogP contribution in [0.1, 0.15) is 31.2 Å². The minimum Gasteiger partial charge on any atom is -0.396 e. The highest BCUT2D eigenvalue weighted by atomic mass is 79.9. The second-order valence-electron chi connectivity index (χ2n) is 5.75. The van der Waals surface area contributed by atoms with Crippen molar-refractivity contribution in [3.63, 3.8) is 0 Å². The molecule has 2 unspecified atom stereocenters. The summed E-state index contributed by atoms with van der Waals surface area (Å²) in [6.45, 7) is 2.42. The quantitative estimate of drug-likeness (QED) is 0.831. The predicted molar refractivity (Wildman–Crippen MR) is 86.6 cm³/mol. The van der Waals surface area contributed by atoms with E-state index in [4.69, 9.17) is 0 Å². The van der Waals surface area contributed by atoms with Gasteiger partial charge in [-0.2, -0.15) is 0 Å². The number of hydrogen-bond donors (Lipinski definition) is 2. The predicted octanol–water partition coefficient (Wildman–Crippen LogP) is 2.83. The molecule has 0 saturated heterocycles. The summed E-state index contributed by atoms with van der Waals surface area (Å²) in [4.78, 5) is 0.291. The Morgan fingerprint density at radius 1 is 1.29 bits per heavy atom. The van der Waals surface area contributed by atoms with Gasteiger partial charge in [-0.05, 0) is 55.4 Å². The van der Waals surface area contributed by atoms with E-state index in [0.29, 0.717) is 11.4 Å². The van der Waals surface area contributed by atoms with Gasteiger partial charge in [-0.15, -0.1) is 0 Å². The van der Waals surface area contributed by atoms with E-state index in [2.05, 4.69) is 20.7 Å². The summed E-state index contributed by atoms with van der Waals surface area (Å²) in [6, 6.07) is 5.02. The van der Waals surface area contributed by atoms with E-state index in [9.17, 15) is 13.5 Å². The van der Waals surface area contributed by atoms with Crippen LogP contribution in [-0.2, 0) is 10.0 Å². The van der Waals surface area contributed by atoms with Crippen molar-refractivity contribution in [2.45, 2.75) is 37.5 Å². The van der Waals surface area contributed by atoms with Crippen LogP contribution in [0.15, 0.2) is 27.6 Å². The fraction of sp³-hybridized carbons (Fsp3) is 0.600. The van der Waals surface area contributed by atoms with Crippen LogP contribution in [0.2, 0.25) is 0 Å². The van der Waals surface area contributed by atoms with Crippen LogP contribution in [0.3, 0.4) is 0 Å². The van der Waals surface area contributed by atoms with Gasteiger partial charge in [0.2, 0.25) is 10.0 Å². The number of aliphatic hydroxyl groups is 1. The Bertz CT molecular complexity index is 589. The Kier molecular flexibility index (Phi) is 5.82. The summed E-state index contributed by atoms with van der Waals surface area (Å²) in [5.74, 6) is 0.447. The molecule has 118 valence electrons. The van der Waals surface area contributed by atoms with Gasteiger partial charge in [0.25, 0.3) is 0 Å². The maximum atomic E-state index is 12.3. The fourth-order valence-electron chi connectivity index (χ4n) is 2.88. The molecule has 0 aromatic heterocycles. The van der Waals surface area contributed by atoms with Crippen LogP contribution in [0, 0.1) is 18.8 Å². The molecule has 2 rings (SSSR count). The summed E-state index contributed by atoms with van der Waals surface area (Å²) in [5.41, 5.74) is 0.892. The van der Waals surface area contributed by atoms with Crippen molar-refractivity contribution in [3.8, 4) is 0 Å². The first-order chi connectivity index (χ1) is 9.94. The molecule has 21 heavy (non-hydrogen) atoms. The van der Waals surface area contributed by atoms with Crippen LogP contribution in [0.25, 0.3) is 0 Å². The van der Waals surface area contributed by atoms with Gasteiger partial charge in [0, 0.05) is 17.6 Å². The lowest BCUT2D eigenvalue weighted by molar-refractivity contribution is 0.136. The Hall–Kier alpha value is -0.430. The molecule has 1 aromatic carbocycles. The molecule has 0 bridgehead atoms. The van der Waals surface area contributed by atoms with Crippen molar-refractivity contribution in [3.05, 3.63) is 28.2 Å². The van der Waals surface area contributed by atoms with Gasteiger partial charge in [-0.1, -0.05) is 28.8 Å². The van der Waals surface area contributed by atoms with Crippen LogP contribution >= 0.6 is 15.9 Å². The zero-order valence-corrected chi connectivity index (χ0v) is 14.6. The van der Waals surface area contributed by atoms with Gasteiger partial charge < -0.3 is 5.11 Å². The Balaban J connectivity index is 2.05. The van der Waals surface area contributed by atoms with Crippen LogP contribution in [0.4, 0.5) is 0 Å². The summed E-state index contributed by atoms with van der Waals surface area (Å²) >= 11 is 3.37. The molecule has 0 heterocycles. The number of hydrogen-bond acceptors (Lipinski definition) is 3. The lowest BCUT2D eigenvalue weighted by Gasteiger charge is -2.30. The third kappa shape index (κ3) is 4.28. The second-order valence-corrected chi connectivity index (χ2v) is 8.37. The fourth-order valence-corrected chi connectivity index (χ4v) is 4.30. The van der Waals surface area contributed by atoms with Gasteiger partial charge in [-0.3, -0.25) is 0 Å². The molecule has 1 fully saturated rings. The molecule has 4 nitrogen and oxygen atoms in total. The topological polar surface area (TPSA) is 66.4 Å². The van der Waals surface area contributed by atoms with Crippen molar-refractivity contribution >= 4 is 26.0 Å². The molecular formula is C15H22BrNO3S. The molecule has 0 radical (unpaired) electrons. The zero-order chi connectivity index (χ0) is 15.5. The highest BCUT2D eigenvalue weighted by molar-refractivity contribution is 9.10. The van der Waals surface area contributed by atoms with E-state index in [0.717, 1.165) is 35.7 Å². The number of sulfonamides is 1. The highest BCUT2D eigenvalue weighted by Gasteiger charge is 2.26. The van der Waals surface area contributed by atoms with Crippen molar-refractivity contribution < 1.29 is 13.5 Å². The van der Waals surface area contributed by atoms with E-state index < -0.39 is 10.0 Å². The van der Waals surface area contributed by atoms with Gasteiger partial charge >= 0.3 is 0 Å². The maximum Gasteiger partial charge on any atom is 0.240 e. The molecule has 1 aliphatic carbocycles. The van der Waals surface area contributed by atoms with E-state index >= 15 is 0 Å². The monoisotopic (exact) mass is 375 g/mol. The molecule has 1 aliphatic rings. The molecule has 0 spiro atoms. The number of aryl methyl sites for hydroxylation is 1. The van der Waals surface area contributed by atoms with Crippen LogP contribution in [-0.4, -0.2) is 26.7 Å². The average Bonchev–Trinajstić information content (AvgIpc) is 2.48. The van der Waals surface area contributed by atoms with Gasteiger partial charge in [-0.25, -0.2) is 13.1 Å². The van der Waals surface area contributed by atoms with Gasteiger partial charge in [0.15, 0.2) is 0 Å². The SMILES string of the molecule is Cc1cc(S(=O)(=O)NCC2CCCCC2CO)ccc1Br. The Morgan fingerprint density at radius 3 is 2.57 bits per heavy atom. The van der Waals surface area contributed by atoms with E-state index in [1.165, 1.54) is 0 Å². The zero-order valence-electron chi connectivity index (χ0n) is 12.2. The van der Waals surface area contributed by atoms with Gasteiger partial charge in [0.1, 0.15) is 0 Å². The molecule has 6 heteroatoms. The molecule has 2 atom stereocenters. The second kappa shape index (κ2) is 7.22. The Labute approximate surface area is 135 Å². The number of halogens is 1. The summed E-state index contributed by atoms with van der Waals surface area (Å²) < 4.78 is 28.3. The van der Waals surface area contributed by atoms with Crippen LogP contribution in [0.5, 0.6) is 0 Å². The van der Waals surface area contributed by atoms with E-state index in [1.54, 1.807) is 18.2 Å². The number of benzene rings is 1. The lowest BCUT2D eigenvalue weighted by Crippen LogP contribution is -2.35. The first-order valence-corrected chi connectivity index (χ1v) is 9.58. The van der Waals surface area contributed by atoms with Crippen molar-refractivity contribution in [2.75, 3.05) is 13.2 Å². The smallest absolute Gasteiger partial charge is 0.240 e. The van der Waals surface area contributed by atoms with Crippen molar-refractivity contribution in [2.24, 2.45) is 11.8 Å². The molecular weight excluding hydrogens is 354 g/mol. The van der Waals surface area contributed by atoms with Gasteiger partial charge in [0.05, 0.1) is 4.90 Å². The minimum atomic E-state index is -3.48. The van der Waals surface area contributed by atoms with Crippen molar-refractivity contribution in [1.82, 2.24) is 4.72 Å². The summed E-state index contributed by atoms with van der Waals surface area (Å²) in [7, 11) is -3.48. The molecule has 1 aromatic rings. The number of nitrogens with one attached hydrogen (secondary N) is 1. The Morgan fingerprint density at radius 2 is 1.95 bits per heavy atom. The maximum absolute atomic E-state index is 12.3. The summed E-state index contributed by atoms with van der Waals surface area (Å²) in [5, 5.41) is 9.39. The third-order valence-electron chi connectivity index (χ3n) is 4.28. The minimum absolute atomic E-state index is 0.143. The first-order valence-electron chi connectivity index (χ1n) is 7.30. The number of rotatable bonds is 5. The highest BCUT2D eigenvalue weighted by Crippen LogP contribution is 2.29. The van der Waals surface area contributed by atoms with Crippen molar-refractivity contribution in [1.29, 1.82) is 0 Å². The molecule has 0 amide bonds. The third-order valence-corrected chi connectivity index (χ3v) is 6.59. The average molecular weight is 376 g/mol. The number of aliphatic hydroxyl groups excluding tert-OH is 1. The first kappa shape index (κ1) is 16.9. The van der Waals surface area contributed by atoms with E-state index in [-0.39, 0.29) is 18.4 Å². The van der Waals surface area contributed by atoms with E-state index in [1.807, 2.05) is 6.92 Å². The lowest BCUT2D eigenvalue weighted by atomic mass is 9.80. The molecule has 1 saturated carbocycles. The standard InChI is InChI=1S/C15H22BrNO3S/c1-11-8-14(6-7-15(11)16)21(19,20)17-9-12-4-2-3-5-13(12)10-18/h6-8,12-13,17-18H,2-5,9-10H2,1H3. The summed E-state index contributed by atoms with van der Waals surface area (Å²) in [6.07, 6.45) is 4.20. The largest absolute Gasteiger partial charge is 0.396 e. The van der Waals surface area contributed by atoms with Crippen LogP contribution < -0.4 is 4.72 Å². The normalized spacial score (nSPS) is 23.2.